The van der Waals surface area contributed by atoms with Crippen LogP contribution in [0.3, 0.4) is 0 Å². The van der Waals surface area contributed by atoms with Gasteiger partial charge < -0.3 is 10.2 Å². The van der Waals surface area contributed by atoms with E-state index >= 15 is 0 Å². The molecule has 0 radical (unpaired) electrons. The van der Waals surface area contributed by atoms with E-state index in [-0.39, 0.29) is 5.91 Å². The van der Waals surface area contributed by atoms with Gasteiger partial charge in [0.05, 0.1) is 11.3 Å². The zero-order chi connectivity index (χ0) is 15.4. The molecule has 4 heteroatoms. The highest BCUT2D eigenvalue weighted by atomic mass is 16.2. The first kappa shape index (κ1) is 15.8. The molecule has 0 spiro atoms. The number of pyridine rings is 1. The van der Waals surface area contributed by atoms with Crippen molar-refractivity contribution in [1.82, 2.24) is 9.88 Å². The summed E-state index contributed by atoms with van der Waals surface area (Å²) in [5.74, 6) is 0.123. The molecular formula is C17H27N3O. The number of hydrogen-bond acceptors (Lipinski definition) is 3. The van der Waals surface area contributed by atoms with Crippen LogP contribution in [0.2, 0.25) is 0 Å². The average Bonchev–Trinajstić information content (AvgIpc) is 2.85. The molecule has 1 N–H and O–H groups in total. The van der Waals surface area contributed by atoms with E-state index < -0.39 is 0 Å². The molecule has 0 aliphatic carbocycles. The SMILES string of the molecule is CCCNc1cc(C)ncc1C(=O)N1C(C)CCC1CC. The van der Waals surface area contributed by atoms with Gasteiger partial charge in [0.1, 0.15) is 0 Å². The van der Waals surface area contributed by atoms with Crippen molar-refractivity contribution in [1.29, 1.82) is 0 Å². The Balaban J connectivity index is 2.29. The van der Waals surface area contributed by atoms with E-state index in [9.17, 15) is 4.79 Å². The van der Waals surface area contributed by atoms with Gasteiger partial charge in [0, 0.05) is 30.5 Å². The first-order chi connectivity index (χ1) is 10.1. The highest BCUT2D eigenvalue weighted by molar-refractivity contribution is 5.99. The summed E-state index contributed by atoms with van der Waals surface area (Å²) in [5.41, 5.74) is 2.57. The number of aromatic nitrogens is 1. The van der Waals surface area contributed by atoms with Gasteiger partial charge in [-0.25, -0.2) is 0 Å². The maximum absolute atomic E-state index is 13.0. The van der Waals surface area contributed by atoms with E-state index in [0.29, 0.717) is 17.6 Å². The van der Waals surface area contributed by atoms with Crippen LogP contribution in [0, 0.1) is 6.92 Å². The summed E-state index contributed by atoms with van der Waals surface area (Å²) < 4.78 is 0. The van der Waals surface area contributed by atoms with Crippen molar-refractivity contribution in [2.24, 2.45) is 0 Å². The van der Waals surface area contributed by atoms with Gasteiger partial charge in [-0.3, -0.25) is 9.78 Å². The summed E-state index contributed by atoms with van der Waals surface area (Å²) in [7, 11) is 0. The van der Waals surface area contributed by atoms with Crippen LogP contribution in [0.25, 0.3) is 0 Å². The molecule has 2 atom stereocenters. The largest absolute Gasteiger partial charge is 0.384 e. The van der Waals surface area contributed by atoms with Gasteiger partial charge in [-0.1, -0.05) is 13.8 Å². The molecule has 2 unspecified atom stereocenters. The third kappa shape index (κ3) is 3.36. The number of nitrogens with zero attached hydrogens (tertiary/aromatic N) is 2. The minimum absolute atomic E-state index is 0.123. The quantitative estimate of drug-likeness (QED) is 0.900. The van der Waals surface area contributed by atoms with E-state index in [1.807, 2.05) is 13.0 Å². The second kappa shape index (κ2) is 6.92. The zero-order valence-corrected chi connectivity index (χ0v) is 13.6. The molecular weight excluding hydrogens is 262 g/mol. The van der Waals surface area contributed by atoms with E-state index in [4.69, 9.17) is 0 Å². The molecule has 4 nitrogen and oxygen atoms in total. The van der Waals surface area contributed by atoms with Crippen LogP contribution in [0.4, 0.5) is 5.69 Å². The number of carbonyl (C=O) groups excluding carboxylic acids is 1. The summed E-state index contributed by atoms with van der Waals surface area (Å²) in [6, 6.07) is 2.67. The second-order valence-corrected chi connectivity index (χ2v) is 6.00. The highest BCUT2D eigenvalue weighted by Gasteiger charge is 2.34. The van der Waals surface area contributed by atoms with Gasteiger partial charge in [0.15, 0.2) is 0 Å². The molecule has 1 aromatic rings. The first-order valence-corrected chi connectivity index (χ1v) is 8.11. The number of nitrogens with one attached hydrogen (secondary N) is 1. The molecule has 1 aliphatic heterocycles. The molecule has 0 saturated carbocycles. The van der Waals surface area contributed by atoms with E-state index in [0.717, 1.165) is 43.6 Å². The summed E-state index contributed by atoms with van der Waals surface area (Å²) in [4.78, 5) is 19.4. The van der Waals surface area contributed by atoms with Crippen molar-refractivity contribution < 1.29 is 4.79 Å². The molecule has 1 aromatic heterocycles. The van der Waals surface area contributed by atoms with Crippen LogP contribution >= 0.6 is 0 Å². The van der Waals surface area contributed by atoms with E-state index in [1.165, 1.54) is 0 Å². The topological polar surface area (TPSA) is 45.2 Å². The van der Waals surface area contributed by atoms with Crippen molar-refractivity contribution in [3.05, 3.63) is 23.5 Å². The van der Waals surface area contributed by atoms with E-state index in [2.05, 4.69) is 36.0 Å². The minimum atomic E-state index is 0.123. The summed E-state index contributed by atoms with van der Waals surface area (Å²) >= 11 is 0. The third-order valence-corrected chi connectivity index (χ3v) is 4.33. The zero-order valence-electron chi connectivity index (χ0n) is 13.6. The predicted molar refractivity (Wildman–Crippen MR) is 86.7 cm³/mol. The third-order valence-electron chi connectivity index (χ3n) is 4.33. The Morgan fingerprint density at radius 1 is 1.43 bits per heavy atom. The number of rotatable bonds is 5. The van der Waals surface area contributed by atoms with Crippen molar-refractivity contribution in [2.45, 2.75) is 65.5 Å². The number of hydrogen-bond donors (Lipinski definition) is 1. The van der Waals surface area contributed by atoms with Gasteiger partial charge in [-0.2, -0.15) is 0 Å². The molecule has 1 aliphatic rings. The lowest BCUT2D eigenvalue weighted by Gasteiger charge is -2.29. The van der Waals surface area contributed by atoms with Crippen LogP contribution in [-0.4, -0.2) is 34.4 Å². The summed E-state index contributed by atoms with van der Waals surface area (Å²) in [6.45, 7) is 9.26. The monoisotopic (exact) mass is 289 g/mol. The first-order valence-electron chi connectivity index (χ1n) is 8.11. The maximum Gasteiger partial charge on any atom is 0.258 e. The van der Waals surface area contributed by atoms with E-state index in [1.54, 1.807) is 6.20 Å². The van der Waals surface area contributed by atoms with Gasteiger partial charge >= 0.3 is 0 Å². The smallest absolute Gasteiger partial charge is 0.258 e. The molecule has 0 bridgehead atoms. The Hall–Kier alpha value is -1.58. The standard InChI is InChI=1S/C17H27N3O/c1-5-9-18-16-10-12(3)19-11-15(16)17(21)20-13(4)7-8-14(20)6-2/h10-11,13-14H,5-9H2,1-4H3,(H,18,19). The molecule has 0 aromatic carbocycles. The fourth-order valence-electron chi connectivity index (χ4n) is 3.11. The molecule has 1 amide bonds. The number of likely N-dealkylation sites (tertiary alicyclic amines) is 1. The summed E-state index contributed by atoms with van der Waals surface area (Å²) in [6.07, 6.45) is 5.99. The van der Waals surface area contributed by atoms with Crippen LogP contribution in [0.5, 0.6) is 0 Å². The second-order valence-electron chi connectivity index (χ2n) is 6.00. The van der Waals surface area contributed by atoms with Crippen LogP contribution < -0.4 is 5.32 Å². The lowest BCUT2D eigenvalue weighted by molar-refractivity contribution is 0.0677. The maximum atomic E-state index is 13.0. The minimum Gasteiger partial charge on any atom is -0.384 e. The van der Waals surface area contributed by atoms with Gasteiger partial charge in [0.25, 0.3) is 5.91 Å². The molecule has 21 heavy (non-hydrogen) atoms. The number of anilines is 1. The number of aryl methyl sites for hydroxylation is 1. The predicted octanol–water partition coefficient (Wildman–Crippen LogP) is 3.62. The Morgan fingerprint density at radius 3 is 2.86 bits per heavy atom. The van der Waals surface area contributed by atoms with Crippen LogP contribution in [0.15, 0.2) is 12.3 Å². The van der Waals surface area contributed by atoms with Crippen molar-refractivity contribution in [2.75, 3.05) is 11.9 Å². The number of carbonyl (C=O) groups is 1. The Bertz CT molecular complexity index is 501. The fraction of sp³-hybridized carbons (Fsp3) is 0.647. The van der Waals surface area contributed by atoms with Gasteiger partial charge in [0.2, 0.25) is 0 Å². The van der Waals surface area contributed by atoms with Crippen molar-refractivity contribution in [3.63, 3.8) is 0 Å². The van der Waals surface area contributed by atoms with Crippen molar-refractivity contribution in [3.8, 4) is 0 Å². The van der Waals surface area contributed by atoms with Gasteiger partial charge in [-0.15, -0.1) is 0 Å². The van der Waals surface area contributed by atoms with Gasteiger partial charge in [-0.05, 0) is 45.6 Å². The Morgan fingerprint density at radius 2 is 2.19 bits per heavy atom. The van der Waals surface area contributed by atoms with Crippen LogP contribution in [0.1, 0.15) is 62.5 Å². The lowest BCUT2D eigenvalue weighted by Crippen LogP contribution is -2.40. The number of amides is 1. The van der Waals surface area contributed by atoms with Crippen molar-refractivity contribution >= 4 is 11.6 Å². The molecule has 1 saturated heterocycles. The highest BCUT2D eigenvalue weighted by Crippen LogP contribution is 2.29. The van der Waals surface area contributed by atoms with Crippen LogP contribution in [-0.2, 0) is 0 Å². The normalized spacial score (nSPS) is 21.6. The molecule has 1 fully saturated rings. The molecule has 116 valence electrons. The molecule has 2 heterocycles. The fourth-order valence-corrected chi connectivity index (χ4v) is 3.11. The Kier molecular flexibility index (Phi) is 5.21. The average molecular weight is 289 g/mol. The molecule has 2 rings (SSSR count). The lowest BCUT2D eigenvalue weighted by atomic mass is 10.1. The Labute approximate surface area is 127 Å². The summed E-state index contributed by atoms with van der Waals surface area (Å²) in [5, 5.41) is 3.37.